The zero-order chi connectivity index (χ0) is 17.2. The van der Waals surface area contributed by atoms with Gasteiger partial charge in [0.2, 0.25) is 6.79 Å². The molecule has 2 aromatic carbocycles. The van der Waals surface area contributed by atoms with E-state index >= 15 is 0 Å². The number of nitrogens with one attached hydrogen (secondary N) is 1. The second-order valence-corrected chi connectivity index (χ2v) is 6.33. The van der Waals surface area contributed by atoms with Crippen LogP contribution in [0.4, 0.5) is 11.4 Å². The molecule has 130 valence electrons. The van der Waals surface area contributed by atoms with Crippen LogP contribution in [0, 0.1) is 0 Å². The molecule has 2 aromatic rings. The van der Waals surface area contributed by atoms with Gasteiger partial charge in [0.1, 0.15) is 0 Å². The van der Waals surface area contributed by atoms with Gasteiger partial charge in [-0.05, 0) is 37.4 Å². The predicted molar refractivity (Wildman–Crippen MR) is 96.7 cm³/mol. The lowest BCUT2D eigenvalue weighted by atomic mass is 10.1. The summed E-state index contributed by atoms with van der Waals surface area (Å²) < 4.78 is 10.6. The first-order valence-corrected chi connectivity index (χ1v) is 8.44. The van der Waals surface area contributed by atoms with E-state index < -0.39 is 0 Å². The second kappa shape index (κ2) is 6.64. The summed E-state index contributed by atoms with van der Waals surface area (Å²) in [6.45, 7) is 4.14. The van der Waals surface area contributed by atoms with Crippen molar-refractivity contribution in [2.24, 2.45) is 0 Å². The van der Waals surface area contributed by atoms with Gasteiger partial charge in [0.15, 0.2) is 11.5 Å². The molecule has 0 aromatic heterocycles. The maximum absolute atomic E-state index is 12.7. The van der Waals surface area contributed by atoms with Gasteiger partial charge in [0, 0.05) is 31.7 Å². The third-order valence-electron chi connectivity index (χ3n) is 4.63. The molecule has 6 heteroatoms. The summed E-state index contributed by atoms with van der Waals surface area (Å²) in [4.78, 5) is 17.3. The van der Waals surface area contributed by atoms with Gasteiger partial charge in [-0.2, -0.15) is 0 Å². The fourth-order valence-electron chi connectivity index (χ4n) is 3.13. The van der Waals surface area contributed by atoms with Gasteiger partial charge in [-0.3, -0.25) is 4.79 Å². The number of benzene rings is 2. The number of amides is 1. The molecule has 0 spiro atoms. The molecule has 6 nitrogen and oxygen atoms in total. The average molecular weight is 339 g/mol. The van der Waals surface area contributed by atoms with E-state index in [-0.39, 0.29) is 12.7 Å². The highest BCUT2D eigenvalue weighted by Gasteiger charge is 2.19. The van der Waals surface area contributed by atoms with Crippen molar-refractivity contribution in [1.82, 2.24) is 4.90 Å². The molecule has 0 bridgehead atoms. The maximum Gasteiger partial charge on any atom is 0.255 e. The molecule has 2 aliphatic heterocycles. The number of nitrogens with zero attached hydrogens (tertiary/aromatic N) is 2. The molecule has 0 atom stereocenters. The Hall–Kier alpha value is -2.73. The summed E-state index contributed by atoms with van der Waals surface area (Å²) in [5.41, 5.74) is 2.44. The minimum atomic E-state index is -0.153. The molecule has 1 fully saturated rings. The summed E-state index contributed by atoms with van der Waals surface area (Å²) in [6, 6.07) is 13.2. The molecular weight excluding hydrogens is 318 g/mol. The minimum absolute atomic E-state index is 0.153. The molecule has 0 unspecified atom stereocenters. The normalized spacial score (nSPS) is 16.8. The topological polar surface area (TPSA) is 54.0 Å². The van der Waals surface area contributed by atoms with E-state index in [0.717, 1.165) is 37.6 Å². The molecule has 4 rings (SSSR count). The van der Waals surface area contributed by atoms with Crippen LogP contribution < -0.4 is 19.7 Å². The lowest BCUT2D eigenvalue weighted by molar-refractivity contribution is 0.102. The summed E-state index contributed by atoms with van der Waals surface area (Å²) in [5.74, 6) is 1.13. The third kappa shape index (κ3) is 3.25. The Kier molecular flexibility index (Phi) is 4.19. The molecule has 1 amide bonds. The molecule has 2 aliphatic rings. The van der Waals surface area contributed by atoms with Crippen LogP contribution in [0.2, 0.25) is 0 Å². The zero-order valence-corrected chi connectivity index (χ0v) is 14.2. The van der Waals surface area contributed by atoms with Gasteiger partial charge in [-0.25, -0.2) is 0 Å². The van der Waals surface area contributed by atoms with Crippen molar-refractivity contribution in [3.63, 3.8) is 0 Å². The van der Waals surface area contributed by atoms with Crippen molar-refractivity contribution in [3.05, 3.63) is 48.0 Å². The number of hydrogen-bond donors (Lipinski definition) is 1. The van der Waals surface area contributed by atoms with E-state index in [1.807, 2.05) is 18.2 Å². The number of hydrogen-bond acceptors (Lipinski definition) is 5. The third-order valence-corrected chi connectivity index (χ3v) is 4.63. The summed E-state index contributed by atoms with van der Waals surface area (Å²) in [5, 5.41) is 3.04. The SMILES string of the molecule is CN1CCN(c2ccccc2NC(=O)c2ccc3c(c2)OCO3)CC1. The van der Waals surface area contributed by atoms with Crippen LogP contribution in [0.15, 0.2) is 42.5 Å². The smallest absolute Gasteiger partial charge is 0.255 e. The number of anilines is 2. The van der Waals surface area contributed by atoms with E-state index in [4.69, 9.17) is 9.47 Å². The summed E-state index contributed by atoms with van der Waals surface area (Å²) in [6.07, 6.45) is 0. The van der Waals surface area contributed by atoms with Gasteiger partial charge < -0.3 is 24.6 Å². The quantitative estimate of drug-likeness (QED) is 0.931. The van der Waals surface area contributed by atoms with Crippen LogP contribution in [0.1, 0.15) is 10.4 Å². The number of fused-ring (bicyclic) bond motifs is 1. The van der Waals surface area contributed by atoms with Crippen LogP contribution in [0.25, 0.3) is 0 Å². The van der Waals surface area contributed by atoms with Crippen LogP contribution in [-0.4, -0.2) is 50.8 Å². The Morgan fingerprint density at radius 3 is 2.60 bits per heavy atom. The number of ether oxygens (including phenoxy) is 2. The fraction of sp³-hybridized carbons (Fsp3) is 0.316. The number of carbonyl (C=O) groups is 1. The van der Waals surface area contributed by atoms with Crippen LogP contribution >= 0.6 is 0 Å². The molecule has 0 saturated carbocycles. The highest BCUT2D eigenvalue weighted by molar-refractivity contribution is 6.06. The van der Waals surface area contributed by atoms with Crippen LogP contribution in [-0.2, 0) is 0 Å². The van der Waals surface area contributed by atoms with E-state index in [1.165, 1.54) is 0 Å². The van der Waals surface area contributed by atoms with Crippen LogP contribution in [0.5, 0.6) is 11.5 Å². The lowest BCUT2D eigenvalue weighted by Crippen LogP contribution is -2.44. The van der Waals surface area contributed by atoms with Crippen molar-refractivity contribution in [2.45, 2.75) is 0 Å². The van der Waals surface area contributed by atoms with Gasteiger partial charge in [-0.15, -0.1) is 0 Å². The Balaban J connectivity index is 1.53. The van der Waals surface area contributed by atoms with Gasteiger partial charge in [0.05, 0.1) is 11.4 Å². The van der Waals surface area contributed by atoms with Crippen molar-refractivity contribution < 1.29 is 14.3 Å². The molecule has 2 heterocycles. The lowest BCUT2D eigenvalue weighted by Gasteiger charge is -2.35. The molecule has 0 aliphatic carbocycles. The summed E-state index contributed by atoms with van der Waals surface area (Å²) >= 11 is 0. The highest BCUT2D eigenvalue weighted by Crippen LogP contribution is 2.33. The average Bonchev–Trinajstić information content (AvgIpc) is 3.11. The number of likely N-dealkylation sites (N-methyl/N-ethyl adjacent to an activating group) is 1. The van der Waals surface area contributed by atoms with Crippen molar-refractivity contribution in [1.29, 1.82) is 0 Å². The zero-order valence-electron chi connectivity index (χ0n) is 14.2. The van der Waals surface area contributed by atoms with Crippen molar-refractivity contribution in [2.75, 3.05) is 50.2 Å². The van der Waals surface area contributed by atoms with Gasteiger partial charge >= 0.3 is 0 Å². The largest absolute Gasteiger partial charge is 0.454 e. The van der Waals surface area contributed by atoms with Gasteiger partial charge in [-0.1, -0.05) is 12.1 Å². The number of para-hydroxylation sites is 2. The van der Waals surface area contributed by atoms with E-state index in [2.05, 4.69) is 28.2 Å². The van der Waals surface area contributed by atoms with Crippen molar-refractivity contribution in [3.8, 4) is 11.5 Å². The Morgan fingerprint density at radius 1 is 1.00 bits per heavy atom. The fourth-order valence-corrected chi connectivity index (χ4v) is 3.13. The summed E-state index contributed by atoms with van der Waals surface area (Å²) in [7, 11) is 2.13. The maximum atomic E-state index is 12.7. The van der Waals surface area contributed by atoms with E-state index in [9.17, 15) is 4.79 Å². The molecule has 1 N–H and O–H groups in total. The first-order valence-electron chi connectivity index (χ1n) is 8.44. The molecule has 0 radical (unpaired) electrons. The standard InChI is InChI=1S/C19H21N3O3/c1-21-8-10-22(11-9-21)16-5-3-2-4-15(16)20-19(23)14-6-7-17-18(12-14)25-13-24-17/h2-7,12H,8-11,13H2,1H3,(H,20,23). The number of piperazine rings is 1. The molecule has 25 heavy (non-hydrogen) atoms. The first kappa shape index (κ1) is 15.8. The first-order chi connectivity index (χ1) is 12.2. The van der Waals surface area contributed by atoms with Gasteiger partial charge in [0.25, 0.3) is 5.91 Å². The predicted octanol–water partition coefficient (Wildman–Crippen LogP) is 2.42. The van der Waals surface area contributed by atoms with Crippen molar-refractivity contribution >= 4 is 17.3 Å². The molecular formula is C19H21N3O3. The Labute approximate surface area is 146 Å². The Bertz CT molecular complexity index is 785. The number of rotatable bonds is 3. The molecule has 1 saturated heterocycles. The van der Waals surface area contributed by atoms with Crippen LogP contribution in [0.3, 0.4) is 0 Å². The monoisotopic (exact) mass is 339 g/mol. The second-order valence-electron chi connectivity index (χ2n) is 6.33. The van der Waals surface area contributed by atoms with E-state index in [0.29, 0.717) is 17.1 Å². The highest BCUT2D eigenvalue weighted by atomic mass is 16.7. The minimum Gasteiger partial charge on any atom is -0.454 e. The Morgan fingerprint density at radius 2 is 1.76 bits per heavy atom. The van der Waals surface area contributed by atoms with E-state index in [1.54, 1.807) is 18.2 Å². The number of carbonyl (C=O) groups excluding carboxylic acids is 1.